The van der Waals surface area contributed by atoms with E-state index in [9.17, 15) is 0 Å². The van der Waals surface area contributed by atoms with Gasteiger partial charge in [0, 0.05) is 12.7 Å². The fraction of sp³-hybridized carbons (Fsp3) is 0.400. The lowest BCUT2D eigenvalue weighted by Gasteiger charge is -2.27. The van der Waals surface area contributed by atoms with Gasteiger partial charge in [-0.25, -0.2) is 0 Å². The topological polar surface area (TPSA) is 43.7 Å². The molecule has 0 unspecified atom stereocenters. The molecule has 0 radical (unpaired) electrons. The van der Waals surface area contributed by atoms with E-state index in [1.54, 1.807) is 30.1 Å². The van der Waals surface area contributed by atoms with Gasteiger partial charge < -0.3 is 15.1 Å². The average molecular weight is 250 g/mol. The third-order valence-electron chi connectivity index (χ3n) is 2.28. The summed E-state index contributed by atoms with van der Waals surface area (Å²) in [7, 11) is 1.77. The molecule has 15 heavy (non-hydrogen) atoms. The molecule has 0 spiro atoms. The summed E-state index contributed by atoms with van der Waals surface area (Å²) in [4.78, 5) is 1.75. The summed E-state index contributed by atoms with van der Waals surface area (Å²) in [5, 5.41) is 19.0. The van der Waals surface area contributed by atoms with Gasteiger partial charge in [0.1, 0.15) is 0 Å². The van der Waals surface area contributed by atoms with E-state index in [0.29, 0.717) is 10.0 Å². The first kappa shape index (κ1) is 12.6. The van der Waals surface area contributed by atoms with Crippen LogP contribution in [0.5, 0.6) is 0 Å². The fourth-order valence-electron chi connectivity index (χ4n) is 1.22. The van der Waals surface area contributed by atoms with Gasteiger partial charge in [0.05, 0.1) is 29.3 Å². The SMILES string of the molecule is CN(c1ccc(Cl)c(Cl)c1)C(CO)CO. The van der Waals surface area contributed by atoms with Crippen LogP contribution in [-0.2, 0) is 0 Å². The van der Waals surface area contributed by atoms with E-state index in [1.807, 2.05) is 0 Å². The standard InChI is InChI=1S/C10H13Cl2NO2/c1-13(8(5-14)6-15)7-2-3-9(11)10(12)4-7/h2-4,8,14-15H,5-6H2,1H3. The molecule has 5 heteroatoms. The number of aliphatic hydroxyl groups is 2. The molecule has 84 valence electrons. The summed E-state index contributed by atoms with van der Waals surface area (Å²) in [6.45, 7) is -0.236. The van der Waals surface area contributed by atoms with E-state index in [0.717, 1.165) is 5.69 Å². The van der Waals surface area contributed by atoms with Crippen molar-refractivity contribution in [3.63, 3.8) is 0 Å². The monoisotopic (exact) mass is 249 g/mol. The van der Waals surface area contributed by atoms with Crippen molar-refractivity contribution in [1.82, 2.24) is 0 Å². The van der Waals surface area contributed by atoms with Crippen molar-refractivity contribution >= 4 is 28.9 Å². The Morgan fingerprint density at radius 2 is 1.80 bits per heavy atom. The van der Waals surface area contributed by atoms with Crippen LogP contribution in [0.15, 0.2) is 18.2 Å². The number of hydrogen-bond acceptors (Lipinski definition) is 3. The molecule has 0 aliphatic rings. The first-order chi connectivity index (χ1) is 7.10. The molecule has 2 N–H and O–H groups in total. The Labute approximate surface area is 98.8 Å². The summed E-state index contributed by atoms with van der Waals surface area (Å²) in [6, 6.07) is 4.83. The van der Waals surface area contributed by atoms with Crippen LogP contribution in [-0.4, -0.2) is 36.5 Å². The smallest absolute Gasteiger partial charge is 0.0748 e. The number of likely N-dealkylation sites (N-methyl/N-ethyl adjacent to an activating group) is 1. The second kappa shape index (κ2) is 5.56. The lowest BCUT2D eigenvalue weighted by Crippen LogP contribution is -2.37. The van der Waals surface area contributed by atoms with Crippen LogP contribution < -0.4 is 4.90 Å². The molecule has 0 aliphatic heterocycles. The van der Waals surface area contributed by atoms with Gasteiger partial charge in [0.25, 0.3) is 0 Å². The molecule has 0 amide bonds. The van der Waals surface area contributed by atoms with Crippen LogP contribution in [0, 0.1) is 0 Å². The quantitative estimate of drug-likeness (QED) is 0.856. The number of rotatable bonds is 4. The van der Waals surface area contributed by atoms with Crippen LogP contribution in [0.2, 0.25) is 10.0 Å². The summed E-state index contributed by atoms with van der Waals surface area (Å²) in [6.07, 6.45) is 0. The van der Waals surface area contributed by atoms with Gasteiger partial charge >= 0.3 is 0 Å². The Hall–Kier alpha value is -0.480. The van der Waals surface area contributed by atoms with Crippen molar-refractivity contribution in [1.29, 1.82) is 0 Å². The minimum atomic E-state index is -0.331. The van der Waals surface area contributed by atoms with Crippen LogP contribution in [0.1, 0.15) is 0 Å². The average Bonchev–Trinajstić information content (AvgIpc) is 2.23. The number of aliphatic hydroxyl groups excluding tert-OH is 2. The van der Waals surface area contributed by atoms with Crippen LogP contribution in [0.4, 0.5) is 5.69 Å². The van der Waals surface area contributed by atoms with Crippen molar-refractivity contribution in [3.05, 3.63) is 28.2 Å². The van der Waals surface area contributed by atoms with Crippen molar-refractivity contribution in [2.24, 2.45) is 0 Å². The molecule has 1 aromatic rings. The third-order valence-corrected chi connectivity index (χ3v) is 3.02. The maximum Gasteiger partial charge on any atom is 0.0748 e. The number of halogens is 2. The second-order valence-electron chi connectivity index (χ2n) is 3.23. The van der Waals surface area contributed by atoms with Crippen molar-refractivity contribution in [2.75, 3.05) is 25.2 Å². The lowest BCUT2D eigenvalue weighted by atomic mass is 10.2. The molecular weight excluding hydrogens is 237 g/mol. The van der Waals surface area contributed by atoms with E-state index >= 15 is 0 Å². The largest absolute Gasteiger partial charge is 0.394 e. The van der Waals surface area contributed by atoms with Crippen molar-refractivity contribution < 1.29 is 10.2 Å². The molecule has 0 atom stereocenters. The van der Waals surface area contributed by atoms with E-state index < -0.39 is 0 Å². The molecule has 0 fully saturated rings. The van der Waals surface area contributed by atoms with E-state index in [2.05, 4.69) is 0 Å². The highest BCUT2D eigenvalue weighted by atomic mass is 35.5. The molecule has 0 saturated heterocycles. The molecule has 1 aromatic carbocycles. The van der Waals surface area contributed by atoms with E-state index in [1.165, 1.54) is 0 Å². The highest BCUT2D eigenvalue weighted by molar-refractivity contribution is 6.42. The van der Waals surface area contributed by atoms with Crippen molar-refractivity contribution in [3.8, 4) is 0 Å². The molecule has 0 bridgehead atoms. The third kappa shape index (κ3) is 2.98. The summed E-state index contributed by atoms with van der Waals surface area (Å²) in [5.41, 5.74) is 0.803. The van der Waals surface area contributed by atoms with Crippen molar-refractivity contribution in [2.45, 2.75) is 6.04 Å². The lowest BCUT2D eigenvalue weighted by molar-refractivity contribution is 0.191. The highest BCUT2D eigenvalue weighted by Gasteiger charge is 2.13. The Morgan fingerprint density at radius 1 is 1.20 bits per heavy atom. The number of nitrogens with zero attached hydrogens (tertiary/aromatic N) is 1. The predicted octanol–water partition coefficient (Wildman–Crippen LogP) is 1.78. The minimum absolute atomic E-state index is 0.118. The summed E-state index contributed by atoms with van der Waals surface area (Å²) in [5.74, 6) is 0. The maximum atomic E-state index is 9.02. The number of benzene rings is 1. The van der Waals surface area contributed by atoms with Gasteiger partial charge in [-0.3, -0.25) is 0 Å². The fourth-order valence-corrected chi connectivity index (χ4v) is 1.51. The van der Waals surface area contributed by atoms with E-state index in [-0.39, 0.29) is 19.3 Å². The number of anilines is 1. The Bertz CT molecular complexity index is 329. The normalized spacial score (nSPS) is 10.8. The molecule has 1 rings (SSSR count). The van der Waals surface area contributed by atoms with E-state index in [4.69, 9.17) is 33.4 Å². The first-order valence-electron chi connectivity index (χ1n) is 4.49. The van der Waals surface area contributed by atoms with Gasteiger partial charge in [-0.2, -0.15) is 0 Å². The molecular formula is C10H13Cl2NO2. The second-order valence-corrected chi connectivity index (χ2v) is 4.04. The van der Waals surface area contributed by atoms with Gasteiger partial charge in [-0.1, -0.05) is 23.2 Å². The zero-order valence-electron chi connectivity index (χ0n) is 8.32. The first-order valence-corrected chi connectivity index (χ1v) is 5.25. The minimum Gasteiger partial charge on any atom is -0.394 e. The molecule has 3 nitrogen and oxygen atoms in total. The van der Waals surface area contributed by atoms with Gasteiger partial charge in [0.15, 0.2) is 0 Å². The van der Waals surface area contributed by atoms with Crippen LogP contribution >= 0.6 is 23.2 Å². The Balaban J connectivity index is 2.90. The molecule has 0 heterocycles. The van der Waals surface area contributed by atoms with Gasteiger partial charge in [-0.05, 0) is 18.2 Å². The number of hydrogen-bond donors (Lipinski definition) is 2. The zero-order chi connectivity index (χ0) is 11.4. The Kier molecular flexibility index (Phi) is 4.67. The van der Waals surface area contributed by atoms with Crippen LogP contribution in [0.3, 0.4) is 0 Å². The predicted molar refractivity (Wildman–Crippen MR) is 62.8 cm³/mol. The van der Waals surface area contributed by atoms with Gasteiger partial charge in [0.2, 0.25) is 0 Å². The Morgan fingerprint density at radius 3 is 2.27 bits per heavy atom. The molecule has 0 saturated carbocycles. The maximum absolute atomic E-state index is 9.02. The molecule has 0 aliphatic carbocycles. The molecule has 0 aromatic heterocycles. The summed E-state index contributed by atoms with van der Waals surface area (Å²) < 4.78 is 0. The highest BCUT2D eigenvalue weighted by Crippen LogP contribution is 2.27. The van der Waals surface area contributed by atoms with Gasteiger partial charge in [-0.15, -0.1) is 0 Å². The summed E-state index contributed by atoms with van der Waals surface area (Å²) >= 11 is 11.6. The zero-order valence-corrected chi connectivity index (χ0v) is 9.83. The van der Waals surface area contributed by atoms with Crippen LogP contribution in [0.25, 0.3) is 0 Å².